The van der Waals surface area contributed by atoms with Crippen LogP contribution in [0.5, 0.6) is 0 Å². The Morgan fingerprint density at radius 3 is 0.857 bits per heavy atom. The van der Waals surface area contributed by atoms with Crippen LogP contribution < -0.4 is 0 Å². The Morgan fingerprint density at radius 2 is 0.551 bits per heavy atom. The second-order valence-electron chi connectivity index (χ2n) is 25.2. The first-order valence-corrected chi connectivity index (χ1v) is 41.1. The lowest BCUT2D eigenvalue weighted by molar-refractivity contribution is -0.161. The first kappa shape index (κ1) is 93.7. The van der Waals surface area contributed by atoms with Crippen LogP contribution in [0.25, 0.3) is 0 Å². The number of esters is 4. The molecule has 0 aliphatic carbocycles. The Hall–Kier alpha value is -4.28. The highest BCUT2D eigenvalue weighted by Crippen LogP contribution is 2.45. The summed E-state index contributed by atoms with van der Waals surface area (Å²) in [6.07, 6.45) is 75.0. The number of hydrogen-bond donors (Lipinski definition) is 3. The molecule has 0 aromatic heterocycles. The van der Waals surface area contributed by atoms with E-state index in [1.165, 1.54) is 19.3 Å². The summed E-state index contributed by atoms with van der Waals surface area (Å²) in [5, 5.41) is 10.6. The van der Waals surface area contributed by atoms with E-state index in [4.69, 9.17) is 37.0 Å². The SMILES string of the molecule is CC/C=C\C/C=C\C/C=C\CCCCCCCCCC(=O)OCC(COP(=O)(O)OCC(O)COP(=O)(O)OCC(COC(=O)CCCCCCC/C=C\C/C=C\CCCCC)OC(=O)CCCCCCC/C=C\C/C=C\CCC)OC(=O)CCCCCCC/C=C\C/C=C\CCC. The van der Waals surface area contributed by atoms with Crippen molar-refractivity contribution >= 4 is 39.5 Å². The van der Waals surface area contributed by atoms with Crippen molar-refractivity contribution in [2.24, 2.45) is 0 Å². The summed E-state index contributed by atoms with van der Waals surface area (Å²) in [7, 11) is -9.96. The molecule has 3 N–H and O–H groups in total. The molecule has 0 aromatic rings. The number of hydrogen-bond acceptors (Lipinski definition) is 15. The molecule has 0 fully saturated rings. The molecule has 0 aliphatic rings. The summed E-state index contributed by atoms with van der Waals surface area (Å²) in [4.78, 5) is 72.8. The van der Waals surface area contributed by atoms with Crippen LogP contribution in [0, 0.1) is 0 Å². The molecule has 0 heterocycles. The van der Waals surface area contributed by atoms with Crippen LogP contribution in [-0.4, -0.2) is 96.7 Å². The van der Waals surface area contributed by atoms with E-state index in [1.807, 2.05) is 0 Å². The fraction of sp³-hybridized carbons (Fsp3) is 0.722. The summed E-state index contributed by atoms with van der Waals surface area (Å²) in [5.41, 5.74) is 0. The Morgan fingerprint density at radius 1 is 0.296 bits per heavy atom. The third-order valence-electron chi connectivity index (χ3n) is 15.7. The minimum Gasteiger partial charge on any atom is -0.462 e. The summed E-state index contributed by atoms with van der Waals surface area (Å²) >= 11 is 0. The van der Waals surface area contributed by atoms with Gasteiger partial charge in [0.25, 0.3) is 0 Å². The van der Waals surface area contributed by atoms with Gasteiger partial charge in [-0.15, -0.1) is 0 Å². The molecular weight excluding hydrogens is 1280 g/mol. The van der Waals surface area contributed by atoms with Gasteiger partial charge in [-0.25, -0.2) is 9.13 Å². The van der Waals surface area contributed by atoms with Gasteiger partial charge in [0, 0.05) is 25.7 Å². The van der Waals surface area contributed by atoms with E-state index < -0.39 is 97.5 Å². The van der Waals surface area contributed by atoms with Crippen LogP contribution in [-0.2, 0) is 65.4 Å². The van der Waals surface area contributed by atoms with Gasteiger partial charge in [0.2, 0.25) is 0 Å². The zero-order valence-electron chi connectivity index (χ0n) is 61.4. The van der Waals surface area contributed by atoms with Gasteiger partial charge in [0.1, 0.15) is 19.3 Å². The minimum atomic E-state index is -4.98. The molecule has 0 spiro atoms. The standard InChI is InChI=1S/C79H136O17P2/c1-5-9-13-17-21-25-29-33-35-36-38-42-44-48-52-56-60-64-77(82)90-70-75(96-79(84)66-62-58-54-50-46-40-32-28-24-20-16-12-8-4)72-94-98(87,88)92-68-73(80)67-91-97(85,86)93-71-74(95-78(83)65-61-57-53-49-45-39-31-27-23-19-15-11-7-3)69-89-76(81)63-59-55-51-47-43-41-37-34-30-26-22-18-14-10-6-2/h9,13,15-16,19-22,25-28,31-35,37,73-75,80H,5-8,10-12,14,17-18,23-24,29-30,36,38-72H2,1-4H3,(H,85,86)(H,87,88)/b13-9-,19-15-,20-16-,25-21-,26-22-,31-27-,32-28-,35-33-,37-34-. The van der Waals surface area contributed by atoms with Crippen molar-refractivity contribution in [3.05, 3.63) is 109 Å². The molecule has 0 saturated carbocycles. The lowest BCUT2D eigenvalue weighted by Gasteiger charge is -2.21. The first-order chi connectivity index (χ1) is 47.7. The Kier molecular flexibility index (Phi) is 68.0. The van der Waals surface area contributed by atoms with Crippen molar-refractivity contribution in [3.63, 3.8) is 0 Å². The molecule has 5 unspecified atom stereocenters. The fourth-order valence-corrected chi connectivity index (χ4v) is 11.4. The number of carbonyl (C=O) groups is 4. The predicted molar refractivity (Wildman–Crippen MR) is 399 cm³/mol. The Labute approximate surface area is 594 Å². The number of aliphatic hydroxyl groups excluding tert-OH is 1. The molecule has 0 saturated heterocycles. The van der Waals surface area contributed by atoms with Gasteiger partial charge < -0.3 is 33.8 Å². The highest BCUT2D eigenvalue weighted by atomic mass is 31.2. The van der Waals surface area contributed by atoms with Gasteiger partial charge >= 0.3 is 39.5 Å². The number of aliphatic hydroxyl groups is 1. The molecule has 0 bridgehead atoms. The van der Waals surface area contributed by atoms with Crippen molar-refractivity contribution in [1.29, 1.82) is 0 Å². The number of allylic oxidation sites excluding steroid dienone is 18. The third-order valence-corrected chi connectivity index (χ3v) is 17.6. The largest absolute Gasteiger partial charge is 0.472 e. The van der Waals surface area contributed by atoms with Crippen LogP contribution in [0.3, 0.4) is 0 Å². The fourth-order valence-electron chi connectivity index (χ4n) is 9.87. The molecule has 0 aliphatic heterocycles. The molecular formula is C79H136O17P2. The van der Waals surface area contributed by atoms with E-state index in [0.717, 1.165) is 212 Å². The monoisotopic (exact) mass is 1420 g/mol. The third kappa shape index (κ3) is 70.2. The van der Waals surface area contributed by atoms with Gasteiger partial charge in [-0.2, -0.15) is 0 Å². The molecule has 5 atom stereocenters. The van der Waals surface area contributed by atoms with E-state index in [9.17, 15) is 43.2 Å². The van der Waals surface area contributed by atoms with Crippen LogP contribution in [0.1, 0.15) is 310 Å². The van der Waals surface area contributed by atoms with Gasteiger partial charge in [-0.05, 0) is 141 Å². The summed E-state index contributed by atoms with van der Waals surface area (Å²) in [6.45, 7) is 4.56. The topological polar surface area (TPSA) is 237 Å². The van der Waals surface area contributed by atoms with Gasteiger partial charge in [-0.1, -0.05) is 253 Å². The zero-order chi connectivity index (χ0) is 71.8. The maximum atomic E-state index is 13.1. The number of carbonyl (C=O) groups excluding carboxylic acids is 4. The van der Waals surface area contributed by atoms with Gasteiger partial charge in [-0.3, -0.25) is 37.3 Å². The van der Waals surface area contributed by atoms with E-state index >= 15 is 0 Å². The van der Waals surface area contributed by atoms with Crippen LogP contribution in [0.2, 0.25) is 0 Å². The van der Waals surface area contributed by atoms with E-state index in [0.29, 0.717) is 25.7 Å². The molecule has 19 heteroatoms. The molecule has 0 aromatic carbocycles. The first-order valence-electron chi connectivity index (χ1n) is 38.1. The lowest BCUT2D eigenvalue weighted by Crippen LogP contribution is -2.30. The highest BCUT2D eigenvalue weighted by Gasteiger charge is 2.30. The molecule has 17 nitrogen and oxygen atoms in total. The molecule has 0 amide bonds. The normalized spacial score (nSPS) is 14.6. The molecule has 0 rings (SSSR count). The smallest absolute Gasteiger partial charge is 0.462 e. The maximum absolute atomic E-state index is 13.1. The van der Waals surface area contributed by atoms with Crippen molar-refractivity contribution in [3.8, 4) is 0 Å². The zero-order valence-corrected chi connectivity index (χ0v) is 63.2. The minimum absolute atomic E-state index is 0.0747. The van der Waals surface area contributed by atoms with Crippen molar-refractivity contribution in [2.45, 2.75) is 329 Å². The number of rotatable bonds is 71. The summed E-state index contributed by atoms with van der Waals surface area (Å²) in [5.74, 6) is -2.23. The van der Waals surface area contributed by atoms with Gasteiger partial charge in [0.15, 0.2) is 12.2 Å². The summed E-state index contributed by atoms with van der Waals surface area (Å²) < 4.78 is 68.4. The van der Waals surface area contributed by atoms with E-state index in [2.05, 4.69) is 137 Å². The van der Waals surface area contributed by atoms with Crippen LogP contribution in [0.4, 0.5) is 0 Å². The molecule has 564 valence electrons. The average Bonchev–Trinajstić information content (AvgIpc) is 0.969. The van der Waals surface area contributed by atoms with Crippen LogP contribution in [0.15, 0.2) is 109 Å². The molecule has 0 radical (unpaired) electrons. The average molecular weight is 1420 g/mol. The summed E-state index contributed by atoms with van der Waals surface area (Å²) in [6, 6.07) is 0. The Balaban J connectivity index is 5.36. The number of phosphoric ester groups is 2. The van der Waals surface area contributed by atoms with Gasteiger partial charge in [0.05, 0.1) is 26.4 Å². The second-order valence-corrected chi connectivity index (χ2v) is 28.1. The highest BCUT2D eigenvalue weighted by molar-refractivity contribution is 7.47. The predicted octanol–water partition coefficient (Wildman–Crippen LogP) is 21.8. The number of phosphoric acid groups is 2. The second kappa shape index (κ2) is 71.1. The van der Waals surface area contributed by atoms with Crippen molar-refractivity contribution in [2.75, 3.05) is 39.6 Å². The van der Waals surface area contributed by atoms with E-state index in [-0.39, 0.29) is 25.7 Å². The van der Waals surface area contributed by atoms with Crippen molar-refractivity contribution in [1.82, 2.24) is 0 Å². The lowest BCUT2D eigenvalue weighted by atomic mass is 10.1. The number of unbranched alkanes of at least 4 members (excludes halogenated alkanes) is 27. The Bertz CT molecular complexity index is 2290. The van der Waals surface area contributed by atoms with E-state index in [1.54, 1.807) is 0 Å². The number of ether oxygens (including phenoxy) is 4. The maximum Gasteiger partial charge on any atom is 0.472 e. The quantitative estimate of drug-likeness (QED) is 0.0169. The molecule has 98 heavy (non-hydrogen) atoms. The van der Waals surface area contributed by atoms with Crippen molar-refractivity contribution < 1.29 is 80.2 Å². The van der Waals surface area contributed by atoms with Crippen LogP contribution >= 0.6 is 15.6 Å².